The van der Waals surface area contributed by atoms with Gasteiger partial charge in [-0.2, -0.15) is 26.3 Å². The highest BCUT2D eigenvalue weighted by Gasteiger charge is 2.42. The topological polar surface area (TPSA) is 26.7 Å². The molecule has 3 nitrogen and oxygen atoms in total. The molecule has 180 valence electrons. The summed E-state index contributed by atoms with van der Waals surface area (Å²) in [6.07, 6.45) is -12.1. The number of anilines is 2. The number of hydrogen-bond donors (Lipinski definition) is 1. The van der Waals surface area contributed by atoms with E-state index in [0.29, 0.717) is 17.9 Å². The molecular weight excluding hydrogens is 458 g/mol. The van der Waals surface area contributed by atoms with Crippen LogP contribution in [0.1, 0.15) is 22.7 Å². The molecule has 34 heavy (non-hydrogen) atoms. The number of nitrogens with zero attached hydrogens (tertiary/aromatic N) is 2. The number of rotatable bonds is 5. The number of aliphatic hydroxyl groups excluding tert-OH is 1. The van der Waals surface area contributed by atoms with E-state index in [4.69, 9.17) is 0 Å². The number of halogens is 6. The molecule has 9 heteroatoms. The van der Waals surface area contributed by atoms with E-state index in [2.05, 4.69) is 0 Å². The van der Waals surface area contributed by atoms with Gasteiger partial charge in [-0.25, -0.2) is 0 Å². The molecule has 3 aromatic carbocycles. The molecule has 0 amide bonds. The molecule has 0 saturated heterocycles. The van der Waals surface area contributed by atoms with Gasteiger partial charge in [-0.15, -0.1) is 0 Å². The predicted molar refractivity (Wildman–Crippen MR) is 118 cm³/mol. The molecule has 0 aromatic heterocycles. The molecule has 1 N–H and O–H groups in total. The lowest BCUT2D eigenvalue weighted by molar-refractivity contribution is -0.200. The zero-order valence-electron chi connectivity index (χ0n) is 17.9. The molecule has 4 rings (SSSR count). The van der Waals surface area contributed by atoms with Crippen LogP contribution in [0.3, 0.4) is 0 Å². The normalized spacial score (nSPS) is 17.4. The lowest BCUT2D eigenvalue weighted by Gasteiger charge is -2.46. The highest BCUT2D eigenvalue weighted by molar-refractivity contribution is 5.74. The van der Waals surface area contributed by atoms with E-state index in [1.165, 1.54) is 17.0 Å². The van der Waals surface area contributed by atoms with Gasteiger partial charge in [0.2, 0.25) is 0 Å². The average Bonchev–Trinajstić information content (AvgIpc) is 2.80. The molecule has 1 aliphatic heterocycles. The molecule has 0 unspecified atom stereocenters. The van der Waals surface area contributed by atoms with E-state index >= 15 is 0 Å². The Balaban J connectivity index is 1.79. The second kappa shape index (κ2) is 9.21. The van der Waals surface area contributed by atoms with Crippen molar-refractivity contribution in [2.75, 3.05) is 22.9 Å². The van der Waals surface area contributed by atoms with Gasteiger partial charge in [0.05, 0.1) is 29.5 Å². The first kappa shape index (κ1) is 23.9. The third-order valence-corrected chi connectivity index (χ3v) is 5.86. The minimum Gasteiger partial charge on any atom is -0.382 e. The lowest BCUT2D eigenvalue weighted by Crippen LogP contribution is -2.49. The largest absolute Gasteiger partial charge is 0.416 e. The number of aliphatic hydroxyl groups is 1. The number of β-amino-alcohol motifs (C(OH)–C–C–N with tert-alkyl or cyclic N) is 1. The summed E-state index contributed by atoms with van der Waals surface area (Å²) in [4.78, 5) is 3.29. The Morgan fingerprint density at radius 2 is 1.47 bits per heavy atom. The van der Waals surface area contributed by atoms with Crippen LogP contribution in [0.4, 0.5) is 37.7 Å². The quantitative estimate of drug-likeness (QED) is 0.441. The Hall–Kier alpha value is -3.20. The number of fused-ring (bicyclic) bond motifs is 1. The van der Waals surface area contributed by atoms with Crippen molar-refractivity contribution in [3.05, 3.63) is 95.6 Å². The average molecular weight is 480 g/mol. The van der Waals surface area contributed by atoms with Crippen molar-refractivity contribution in [1.82, 2.24) is 0 Å². The summed E-state index contributed by atoms with van der Waals surface area (Å²) in [5, 5.41) is 9.85. The second-order valence-electron chi connectivity index (χ2n) is 8.20. The van der Waals surface area contributed by atoms with Crippen LogP contribution >= 0.6 is 0 Å². The monoisotopic (exact) mass is 480 g/mol. The van der Waals surface area contributed by atoms with Crippen molar-refractivity contribution in [3.63, 3.8) is 0 Å². The van der Waals surface area contributed by atoms with E-state index < -0.39 is 36.6 Å². The van der Waals surface area contributed by atoms with Crippen molar-refractivity contribution in [2.24, 2.45) is 0 Å². The molecule has 0 fully saturated rings. The van der Waals surface area contributed by atoms with Crippen LogP contribution in [0.15, 0.2) is 78.9 Å². The highest BCUT2D eigenvalue weighted by atomic mass is 19.4. The van der Waals surface area contributed by atoms with Crippen molar-refractivity contribution >= 4 is 11.4 Å². The van der Waals surface area contributed by atoms with Crippen LogP contribution in [0, 0.1) is 0 Å². The zero-order valence-corrected chi connectivity index (χ0v) is 17.9. The van der Waals surface area contributed by atoms with Crippen LogP contribution in [-0.2, 0) is 12.7 Å². The van der Waals surface area contributed by atoms with E-state index in [-0.39, 0.29) is 12.1 Å². The summed E-state index contributed by atoms with van der Waals surface area (Å²) in [7, 11) is 0. The van der Waals surface area contributed by atoms with E-state index in [1.54, 1.807) is 24.3 Å². The molecule has 0 aliphatic carbocycles. The maximum absolute atomic E-state index is 13.4. The Morgan fingerprint density at radius 1 is 0.824 bits per heavy atom. The van der Waals surface area contributed by atoms with Gasteiger partial charge in [-0.05, 0) is 35.4 Å². The minimum atomic E-state index is -4.87. The van der Waals surface area contributed by atoms with Crippen molar-refractivity contribution in [3.8, 4) is 0 Å². The van der Waals surface area contributed by atoms with Gasteiger partial charge in [0.1, 0.15) is 0 Å². The van der Waals surface area contributed by atoms with Crippen molar-refractivity contribution < 1.29 is 31.4 Å². The molecule has 3 aromatic rings. The number of para-hydroxylation sites is 2. The minimum absolute atomic E-state index is 0.137. The van der Waals surface area contributed by atoms with E-state index in [1.807, 2.05) is 35.2 Å². The van der Waals surface area contributed by atoms with Crippen LogP contribution in [0.5, 0.6) is 0 Å². The van der Waals surface area contributed by atoms with Crippen LogP contribution in [0.25, 0.3) is 0 Å². The smallest absolute Gasteiger partial charge is 0.382 e. The fraction of sp³-hybridized carbons (Fsp3) is 0.280. The molecule has 0 radical (unpaired) electrons. The first-order valence-electron chi connectivity index (χ1n) is 10.6. The molecule has 1 heterocycles. The standard InChI is InChI=1S/C25H22F6N2O/c26-24(27,28)19-10-6-9-18(13-19)22-15-32(14-17-7-2-1-3-8-17)20-11-4-5-12-21(20)33(22)16-23(34)25(29,30)31/h1-13,22-23,34H,14-16H2/t22-,23+/m0/s1. The summed E-state index contributed by atoms with van der Waals surface area (Å²) in [5.41, 5.74) is 1.34. The van der Waals surface area contributed by atoms with Gasteiger partial charge >= 0.3 is 12.4 Å². The highest BCUT2D eigenvalue weighted by Crippen LogP contribution is 2.43. The van der Waals surface area contributed by atoms with Gasteiger partial charge < -0.3 is 14.9 Å². The van der Waals surface area contributed by atoms with Crippen LogP contribution in [0.2, 0.25) is 0 Å². The fourth-order valence-electron chi connectivity index (χ4n) is 4.22. The first-order chi connectivity index (χ1) is 16.0. The summed E-state index contributed by atoms with van der Waals surface area (Å²) in [6.45, 7) is -0.249. The Labute approximate surface area is 192 Å². The van der Waals surface area contributed by atoms with Gasteiger partial charge in [0.15, 0.2) is 6.10 Å². The van der Waals surface area contributed by atoms with Gasteiger partial charge in [0.25, 0.3) is 0 Å². The lowest BCUT2D eigenvalue weighted by atomic mass is 9.96. The number of benzene rings is 3. The number of hydrogen-bond acceptors (Lipinski definition) is 3. The SMILES string of the molecule is O[C@H](CN1c2ccccc2N(Cc2ccccc2)C[C@H]1c1cccc(C(F)(F)F)c1)C(F)(F)F. The molecule has 0 saturated carbocycles. The van der Waals surface area contributed by atoms with Crippen molar-refractivity contribution in [1.29, 1.82) is 0 Å². The van der Waals surface area contributed by atoms with Gasteiger partial charge in [-0.1, -0.05) is 54.6 Å². The Morgan fingerprint density at radius 3 is 2.12 bits per heavy atom. The molecule has 2 atom stereocenters. The predicted octanol–water partition coefficient (Wildman–Crippen LogP) is 6.20. The van der Waals surface area contributed by atoms with Gasteiger partial charge in [-0.3, -0.25) is 0 Å². The third-order valence-electron chi connectivity index (χ3n) is 5.86. The van der Waals surface area contributed by atoms with Crippen molar-refractivity contribution in [2.45, 2.75) is 31.0 Å². The first-order valence-corrected chi connectivity index (χ1v) is 10.6. The third kappa shape index (κ3) is 5.14. The van der Waals surface area contributed by atoms with Gasteiger partial charge in [0, 0.05) is 13.1 Å². The van der Waals surface area contributed by atoms with Crippen LogP contribution in [-0.4, -0.2) is 30.5 Å². The number of alkyl halides is 6. The van der Waals surface area contributed by atoms with Crippen LogP contribution < -0.4 is 9.80 Å². The Kier molecular flexibility index (Phi) is 6.49. The summed E-state index contributed by atoms with van der Waals surface area (Å²) >= 11 is 0. The second-order valence-corrected chi connectivity index (χ2v) is 8.20. The maximum Gasteiger partial charge on any atom is 0.416 e. The molecule has 1 aliphatic rings. The summed E-state index contributed by atoms with van der Waals surface area (Å²) in [6, 6.07) is 19.9. The summed E-state index contributed by atoms with van der Waals surface area (Å²) < 4.78 is 79.9. The molecule has 0 spiro atoms. The van der Waals surface area contributed by atoms with E-state index in [0.717, 1.165) is 17.7 Å². The Bertz CT molecular complexity index is 1120. The fourth-order valence-corrected chi connectivity index (χ4v) is 4.22. The zero-order chi connectivity index (χ0) is 24.5. The summed E-state index contributed by atoms with van der Waals surface area (Å²) in [5.74, 6) is 0. The molecular formula is C25H22F6N2O. The molecule has 0 bridgehead atoms. The maximum atomic E-state index is 13.4. The van der Waals surface area contributed by atoms with E-state index in [9.17, 15) is 31.4 Å².